The predicted octanol–water partition coefficient (Wildman–Crippen LogP) is 1.45. The highest BCUT2D eigenvalue weighted by Gasteiger charge is 2.15. The second-order valence-corrected chi connectivity index (χ2v) is 5.02. The molecule has 0 atom stereocenters. The minimum Gasteiger partial charge on any atom is -0.484 e. The minimum atomic E-state index is -0.281. The van der Waals surface area contributed by atoms with Crippen molar-refractivity contribution in [3.8, 4) is 5.75 Å². The standard InChI is InChI=1S/C13H15ClN2O3S/c14-10-1-3-11(4-2-10)19-9-12(17)15-13(20)16-5-7-18-8-6-16/h1-4H,5-9H2,(H,15,17,20). The molecule has 2 rings (SSSR count). The molecule has 0 aliphatic carbocycles. The first kappa shape index (κ1) is 15.0. The average Bonchev–Trinajstić information content (AvgIpc) is 2.47. The molecule has 0 aromatic heterocycles. The summed E-state index contributed by atoms with van der Waals surface area (Å²) in [5, 5.41) is 3.68. The first-order valence-corrected chi connectivity index (χ1v) is 6.98. The third-order valence-electron chi connectivity index (χ3n) is 2.73. The largest absolute Gasteiger partial charge is 0.484 e. The van der Waals surface area contributed by atoms with Crippen molar-refractivity contribution in [1.29, 1.82) is 0 Å². The van der Waals surface area contributed by atoms with Crippen LogP contribution in [0.15, 0.2) is 24.3 Å². The molecule has 0 bridgehead atoms. The highest BCUT2D eigenvalue weighted by Crippen LogP contribution is 2.15. The van der Waals surface area contributed by atoms with Crippen molar-refractivity contribution in [2.75, 3.05) is 32.9 Å². The smallest absolute Gasteiger partial charge is 0.264 e. The van der Waals surface area contributed by atoms with Crippen LogP contribution in [-0.4, -0.2) is 48.8 Å². The fourth-order valence-electron chi connectivity index (χ4n) is 1.68. The first-order valence-electron chi connectivity index (χ1n) is 6.20. The molecule has 1 aliphatic rings. The van der Waals surface area contributed by atoms with Gasteiger partial charge in [0.2, 0.25) is 0 Å². The fourth-order valence-corrected chi connectivity index (χ4v) is 2.10. The normalized spacial score (nSPS) is 14.8. The van der Waals surface area contributed by atoms with Gasteiger partial charge in [-0.15, -0.1) is 0 Å². The molecule has 0 unspecified atom stereocenters. The third kappa shape index (κ3) is 4.63. The summed E-state index contributed by atoms with van der Waals surface area (Å²) in [6.45, 7) is 2.54. The van der Waals surface area contributed by atoms with Gasteiger partial charge >= 0.3 is 0 Å². The number of hydrogen-bond donors (Lipinski definition) is 1. The van der Waals surface area contributed by atoms with Crippen molar-refractivity contribution in [2.24, 2.45) is 0 Å². The highest BCUT2D eigenvalue weighted by atomic mass is 35.5. The average molecular weight is 315 g/mol. The topological polar surface area (TPSA) is 50.8 Å². The Bertz CT molecular complexity index is 475. The highest BCUT2D eigenvalue weighted by molar-refractivity contribution is 7.80. The molecule has 5 nitrogen and oxygen atoms in total. The summed E-state index contributed by atoms with van der Waals surface area (Å²) in [6, 6.07) is 6.81. The van der Waals surface area contributed by atoms with Crippen molar-refractivity contribution in [3.05, 3.63) is 29.3 Å². The number of carbonyl (C=O) groups is 1. The molecule has 1 fully saturated rings. The van der Waals surface area contributed by atoms with E-state index in [-0.39, 0.29) is 12.5 Å². The molecule has 1 saturated heterocycles. The zero-order valence-electron chi connectivity index (χ0n) is 10.8. The van der Waals surface area contributed by atoms with Gasteiger partial charge in [0, 0.05) is 18.1 Å². The molecular weight excluding hydrogens is 300 g/mol. The van der Waals surface area contributed by atoms with Gasteiger partial charge in [0.05, 0.1) is 13.2 Å². The lowest BCUT2D eigenvalue weighted by Gasteiger charge is -2.28. The number of nitrogens with one attached hydrogen (secondary N) is 1. The summed E-state index contributed by atoms with van der Waals surface area (Å²) in [4.78, 5) is 13.6. The first-order chi connectivity index (χ1) is 9.65. The van der Waals surface area contributed by atoms with Gasteiger partial charge in [-0.3, -0.25) is 4.79 Å². The van der Waals surface area contributed by atoms with Crippen LogP contribution >= 0.6 is 23.8 Å². The van der Waals surface area contributed by atoms with E-state index in [1.165, 1.54) is 0 Å². The van der Waals surface area contributed by atoms with Crippen LogP contribution < -0.4 is 10.1 Å². The monoisotopic (exact) mass is 314 g/mol. The van der Waals surface area contributed by atoms with Gasteiger partial charge in [-0.2, -0.15) is 0 Å². The van der Waals surface area contributed by atoms with Crippen LogP contribution in [0.1, 0.15) is 0 Å². The van der Waals surface area contributed by atoms with Gasteiger partial charge in [0.25, 0.3) is 5.91 Å². The van der Waals surface area contributed by atoms with Gasteiger partial charge in [-0.1, -0.05) is 11.6 Å². The minimum absolute atomic E-state index is 0.0912. The van der Waals surface area contributed by atoms with E-state index in [4.69, 9.17) is 33.3 Å². The Hall–Kier alpha value is -1.37. The molecule has 1 aromatic rings. The number of hydrogen-bond acceptors (Lipinski definition) is 4. The Morgan fingerprint density at radius 1 is 1.35 bits per heavy atom. The molecule has 108 valence electrons. The van der Waals surface area contributed by atoms with Gasteiger partial charge in [0.15, 0.2) is 11.7 Å². The zero-order chi connectivity index (χ0) is 14.4. The number of benzene rings is 1. The summed E-state index contributed by atoms with van der Waals surface area (Å²) in [6.07, 6.45) is 0. The number of amides is 1. The quantitative estimate of drug-likeness (QED) is 0.856. The van der Waals surface area contributed by atoms with E-state index in [1.54, 1.807) is 24.3 Å². The van der Waals surface area contributed by atoms with Crippen molar-refractivity contribution < 1.29 is 14.3 Å². The van der Waals surface area contributed by atoms with Crippen LogP contribution in [-0.2, 0) is 9.53 Å². The van der Waals surface area contributed by atoms with Crippen LogP contribution in [0.2, 0.25) is 5.02 Å². The lowest BCUT2D eigenvalue weighted by atomic mass is 10.3. The number of thiocarbonyl (C=S) groups is 1. The maximum Gasteiger partial charge on any atom is 0.264 e. The summed E-state index contributed by atoms with van der Waals surface area (Å²) in [7, 11) is 0. The van der Waals surface area contributed by atoms with E-state index in [0.29, 0.717) is 42.2 Å². The maximum absolute atomic E-state index is 11.7. The number of morpholine rings is 1. The summed E-state index contributed by atoms with van der Waals surface area (Å²) in [5.41, 5.74) is 0. The van der Waals surface area contributed by atoms with Gasteiger partial charge in [-0.25, -0.2) is 0 Å². The van der Waals surface area contributed by atoms with Crippen LogP contribution in [0.25, 0.3) is 0 Å². The van der Waals surface area contributed by atoms with Gasteiger partial charge in [0.1, 0.15) is 5.75 Å². The summed E-state index contributed by atoms with van der Waals surface area (Å²) in [5.74, 6) is 0.304. The van der Waals surface area contributed by atoms with Crippen LogP contribution in [0, 0.1) is 0 Å². The number of rotatable bonds is 3. The molecular formula is C13H15ClN2O3S. The molecule has 0 spiro atoms. The zero-order valence-corrected chi connectivity index (χ0v) is 12.4. The molecule has 0 radical (unpaired) electrons. The second-order valence-electron chi connectivity index (χ2n) is 4.20. The molecule has 20 heavy (non-hydrogen) atoms. The van der Waals surface area contributed by atoms with Crippen LogP contribution in [0.5, 0.6) is 5.75 Å². The summed E-state index contributed by atoms with van der Waals surface area (Å²) < 4.78 is 10.6. The number of ether oxygens (including phenoxy) is 2. The Kier molecular flexibility index (Phi) is 5.58. The van der Waals surface area contributed by atoms with E-state index in [9.17, 15) is 4.79 Å². The summed E-state index contributed by atoms with van der Waals surface area (Å²) >= 11 is 10.9. The molecule has 0 saturated carbocycles. The fraction of sp³-hybridized carbons (Fsp3) is 0.385. The van der Waals surface area contributed by atoms with Crippen molar-refractivity contribution in [1.82, 2.24) is 10.2 Å². The van der Waals surface area contributed by atoms with Gasteiger partial charge in [-0.05, 0) is 36.5 Å². The lowest BCUT2D eigenvalue weighted by molar-refractivity contribution is -0.121. The van der Waals surface area contributed by atoms with E-state index in [0.717, 1.165) is 0 Å². The third-order valence-corrected chi connectivity index (χ3v) is 3.34. The lowest BCUT2D eigenvalue weighted by Crippen LogP contribution is -2.48. The van der Waals surface area contributed by atoms with E-state index < -0.39 is 0 Å². The van der Waals surface area contributed by atoms with Crippen molar-refractivity contribution in [3.63, 3.8) is 0 Å². The molecule has 1 N–H and O–H groups in total. The molecule has 1 amide bonds. The Labute approximate surface area is 127 Å². The van der Waals surface area contributed by atoms with Crippen molar-refractivity contribution in [2.45, 2.75) is 0 Å². The molecule has 1 aromatic carbocycles. The van der Waals surface area contributed by atoms with Gasteiger partial charge < -0.3 is 19.7 Å². The number of carbonyl (C=O) groups excluding carboxylic acids is 1. The Morgan fingerprint density at radius 2 is 2.00 bits per heavy atom. The van der Waals surface area contributed by atoms with Crippen LogP contribution in [0.4, 0.5) is 0 Å². The van der Waals surface area contributed by atoms with E-state index >= 15 is 0 Å². The molecule has 7 heteroatoms. The number of halogens is 1. The maximum atomic E-state index is 11.7. The van der Waals surface area contributed by atoms with E-state index in [2.05, 4.69) is 5.32 Å². The Morgan fingerprint density at radius 3 is 2.65 bits per heavy atom. The van der Waals surface area contributed by atoms with E-state index in [1.807, 2.05) is 4.90 Å². The predicted molar refractivity (Wildman–Crippen MR) is 80.1 cm³/mol. The number of nitrogens with zero attached hydrogens (tertiary/aromatic N) is 1. The molecule has 1 heterocycles. The van der Waals surface area contributed by atoms with Crippen LogP contribution in [0.3, 0.4) is 0 Å². The SMILES string of the molecule is O=C(COc1ccc(Cl)cc1)NC(=S)N1CCOCC1. The van der Waals surface area contributed by atoms with Crippen molar-refractivity contribution >= 4 is 34.8 Å². The Balaban J connectivity index is 1.74. The second kappa shape index (κ2) is 7.42. The molecule has 1 aliphatic heterocycles.